The molecule has 3 aliphatic rings. The van der Waals surface area contributed by atoms with Crippen LogP contribution in [0.3, 0.4) is 0 Å². The highest BCUT2D eigenvalue weighted by Crippen LogP contribution is 2.37. The monoisotopic (exact) mass is 1100 g/mol. The highest BCUT2D eigenvalue weighted by molar-refractivity contribution is 7.89. The van der Waals surface area contributed by atoms with Gasteiger partial charge >= 0.3 is 12.2 Å². The first kappa shape index (κ1) is 63.3. The van der Waals surface area contributed by atoms with E-state index in [9.17, 15) is 28.2 Å². The molecule has 432 valence electrons. The first-order chi connectivity index (χ1) is 35.9. The molecule has 3 aliphatic heterocycles. The number of carbonyl (C=O) groups excluding carboxylic acids is 2. The molecule has 3 aromatic rings. The fourth-order valence-electron chi connectivity index (χ4n) is 9.02. The number of alkyl carbamates (subject to hydrolysis) is 2. The summed E-state index contributed by atoms with van der Waals surface area (Å²) in [4.78, 5) is 25.2. The van der Waals surface area contributed by atoms with E-state index in [1.807, 2.05) is 109 Å². The van der Waals surface area contributed by atoms with E-state index in [1.54, 1.807) is 26.8 Å². The Labute approximate surface area is 458 Å². The highest BCUT2D eigenvalue weighted by Gasteiger charge is 2.39. The normalized spacial score (nSPS) is 18.1. The summed E-state index contributed by atoms with van der Waals surface area (Å²) in [7, 11) is -4.15. The Morgan fingerprint density at radius 1 is 0.623 bits per heavy atom. The van der Waals surface area contributed by atoms with Crippen molar-refractivity contribution in [2.24, 2.45) is 10.8 Å². The summed E-state index contributed by atoms with van der Waals surface area (Å²) in [6.07, 6.45) is 0.411. The molecule has 2 amide bonds. The van der Waals surface area contributed by atoms with E-state index in [0.717, 1.165) is 30.5 Å². The molecule has 5 N–H and O–H groups in total. The quantitative estimate of drug-likeness (QED) is 0.0571. The Morgan fingerprint density at radius 3 is 1.53 bits per heavy atom. The number of benzene rings is 3. The molecule has 77 heavy (non-hydrogen) atoms. The maximum atomic E-state index is 14.3. The summed E-state index contributed by atoms with van der Waals surface area (Å²) in [6.45, 7) is 26.8. The van der Waals surface area contributed by atoms with Crippen LogP contribution in [0.25, 0.3) is 0 Å². The van der Waals surface area contributed by atoms with Crippen LogP contribution in [-0.2, 0) is 51.3 Å². The van der Waals surface area contributed by atoms with E-state index in [0.29, 0.717) is 76.9 Å². The predicted octanol–water partition coefficient (Wildman–Crippen LogP) is 8.16. The summed E-state index contributed by atoms with van der Waals surface area (Å²) in [5, 5.41) is 31.6. The minimum atomic E-state index is -4.15. The second-order valence-corrected chi connectivity index (χ2v) is 26.2. The number of aliphatic hydroxyl groups excluding tert-OH is 2. The van der Waals surface area contributed by atoms with Gasteiger partial charge in [-0.25, -0.2) is 18.0 Å². The number of amides is 2. The second-order valence-electron chi connectivity index (χ2n) is 24.2. The Bertz CT molecular complexity index is 2400. The molecule has 2 saturated heterocycles. The third-order valence-electron chi connectivity index (χ3n) is 13.3. The lowest BCUT2D eigenvalue weighted by Gasteiger charge is -2.36. The van der Waals surface area contributed by atoms with Crippen LogP contribution in [0.2, 0.25) is 0 Å². The minimum Gasteiger partial charge on any atom is -0.486 e. The number of nitrogens with zero attached hydrogens (tertiary/aromatic N) is 1. The molecular formula is C58H90N4O14S. The van der Waals surface area contributed by atoms with Gasteiger partial charge in [-0.05, 0) is 115 Å². The van der Waals surface area contributed by atoms with Crippen molar-refractivity contribution in [1.29, 1.82) is 0 Å². The Hall–Kier alpha value is -4.57. The summed E-state index contributed by atoms with van der Waals surface area (Å²) in [6, 6.07) is 22.4. The van der Waals surface area contributed by atoms with Crippen molar-refractivity contribution in [1.82, 2.24) is 20.3 Å². The lowest BCUT2D eigenvalue weighted by molar-refractivity contribution is -0.151. The Morgan fingerprint density at radius 2 is 1.06 bits per heavy atom. The van der Waals surface area contributed by atoms with Gasteiger partial charge in [0.15, 0.2) is 23.1 Å². The third-order valence-corrected chi connectivity index (χ3v) is 15.1. The zero-order chi connectivity index (χ0) is 56.7. The third kappa shape index (κ3) is 21.9. The van der Waals surface area contributed by atoms with Crippen molar-refractivity contribution in [2.75, 3.05) is 65.8 Å². The van der Waals surface area contributed by atoms with Crippen LogP contribution in [0.5, 0.6) is 11.5 Å². The summed E-state index contributed by atoms with van der Waals surface area (Å²) >= 11 is 0. The molecule has 19 heteroatoms. The number of nitrogens with one attached hydrogen (secondary N) is 3. The van der Waals surface area contributed by atoms with Crippen LogP contribution in [0.4, 0.5) is 9.59 Å². The molecule has 0 spiro atoms. The fourth-order valence-corrected chi connectivity index (χ4v) is 10.7. The fraction of sp³-hybridized carbons (Fsp3) is 0.655. The number of hydrogen-bond donors (Lipinski definition) is 5. The molecule has 0 bridgehead atoms. The van der Waals surface area contributed by atoms with Gasteiger partial charge in [0, 0.05) is 45.1 Å². The molecule has 0 radical (unpaired) electrons. The van der Waals surface area contributed by atoms with Gasteiger partial charge in [-0.1, -0.05) is 88.4 Å². The zero-order valence-electron chi connectivity index (χ0n) is 47.8. The van der Waals surface area contributed by atoms with Crippen molar-refractivity contribution in [3.05, 3.63) is 90.0 Å². The summed E-state index contributed by atoms with van der Waals surface area (Å²) in [5.41, 5.74) is 0.0188. The van der Waals surface area contributed by atoms with E-state index in [2.05, 4.69) is 29.8 Å². The van der Waals surface area contributed by atoms with Crippen LogP contribution in [-0.4, -0.2) is 148 Å². The Balaban J connectivity index is 0.000000301. The van der Waals surface area contributed by atoms with Gasteiger partial charge in [0.2, 0.25) is 10.0 Å². The number of hydrogen-bond acceptors (Lipinski definition) is 15. The standard InChI is InChI=1S/C33H48N2O9S.C25H42N2O5/c1-31(2,3)44-30(37)34-26(20-24-10-8-7-9-11-24)27(36)22-35(23-32(4,5)14-15-33(6)42-18-19-43-33)45(38,39)25-12-13-28-29(21-25)41-17-16-40-28;1-23(2,3)32-22(29)27-20(16-19-10-8-7-9-11-19)21(28)17-26-18-24(4,5)12-13-25(6)30-14-15-31-25/h7-13,21,26-27,36H,14-20,22-23H2,1-6H3,(H,34,37);7-11,20-21,26,28H,12-18H2,1-6H3,(H,27,29)/t26-,27?;20-,21?/m00/s1. The van der Waals surface area contributed by atoms with Crippen LogP contribution in [0, 0.1) is 10.8 Å². The molecule has 18 nitrogen and oxygen atoms in total. The molecule has 0 aliphatic carbocycles. The van der Waals surface area contributed by atoms with Crippen LogP contribution in [0.15, 0.2) is 83.8 Å². The molecular weight excluding hydrogens is 1010 g/mol. The van der Waals surface area contributed by atoms with E-state index < -0.39 is 74.7 Å². The van der Waals surface area contributed by atoms with Crippen molar-refractivity contribution in [2.45, 2.75) is 174 Å². The molecule has 0 saturated carbocycles. The van der Waals surface area contributed by atoms with Crippen LogP contribution < -0.4 is 25.4 Å². The van der Waals surface area contributed by atoms with Crippen molar-refractivity contribution in [3.63, 3.8) is 0 Å². The number of rotatable bonds is 24. The lowest BCUT2D eigenvalue weighted by Crippen LogP contribution is -2.52. The predicted molar refractivity (Wildman–Crippen MR) is 294 cm³/mol. The van der Waals surface area contributed by atoms with Crippen molar-refractivity contribution < 1.29 is 66.1 Å². The molecule has 6 rings (SSSR count). The topological polar surface area (TPSA) is 222 Å². The van der Waals surface area contributed by atoms with Gasteiger partial charge < -0.3 is 64.1 Å². The molecule has 2 unspecified atom stereocenters. The van der Waals surface area contributed by atoms with Gasteiger partial charge in [0.05, 0.1) is 55.6 Å². The van der Waals surface area contributed by atoms with Crippen molar-refractivity contribution in [3.8, 4) is 11.5 Å². The van der Waals surface area contributed by atoms with Gasteiger partial charge in [0.1, 0.15) is 24.4 Å². The average molecular weight is 1100 g/mol. The van der Waals surface area contributed by atoms with E-state index in [-0.39, 0.29) is 29.8 Å². The molecule has 0 aromatic heterocycles. The molecule has 3 aromatic carbocycles. The number of ether oxygens (including phenoxy) is 8. The largest absolute Gasteiger partial charge is 0.486 e. The van der Waals surface area contributed by atoms with Gasteiger partial charge in [-0.3, -0.25) is 0 Å². The summed E-state index contributed by atoms with van der Waals surface area (Å²) < 4.78 is 75.0. The number of sulfonamides is 1. The van der Waals surface area contributed by atoms with Crippen molar-refractivity contribution >= 4 is 22.2 Å². The maximum absolute atomic E-state index is 14.3. The first-order valence-corrected chi connectivity index (χ1v) is 28.5. The number of aliphatic hydroxyl groups is 2. The van der Waals surface area contributed by atoms with Crippen LogP contribution >= 0.6 is 0 Å². The van der Waals surface area contributed by atoms with E-state index in [4.69, 9.17) is 37.9 Å². The van der Waals surface area contributed by atoms with Crippen LogP contribution in [0.1, 0.15) is 120 Å². The van der Waals surface area contributed by atoms with Gasteiger partial charge in [-0.15, -0.1) is 0 Å². The Kier molecular flexibility index (Phi) is 22.6. The molecule has 2 fully saturated rings. The first-order valence-electron chi connectivity index (χ1n) is 27.0. The lowest BCUT2D eigenvalue weighted by atomic mass is 9.86. The maximum Gasteiger partial charge on any atom is 0.407 e. The molecule has 3 heterocycles. The number of fused-ring (bicyclic) bond motifs is 1. The minimum absolute atomic E-state index is 0.00552. The highest BCUT2D eigenvalue weighted by atomic mass is 32.2. The van der Waals surface area contributed by atoms with Gasteiger partial charge in [-0.2, -0.15) is 4.31 Å². The van der Waals surface area contributed by atoms with Gasteiger partial charge in [0.25, 0.3) is 0 Å². The SMILES string of the molecule is CC(C)(CCC1(C)OCCO1)CN(CC(O)[C@H](Cc1ccccc1)NC(=O)OC(C)(C)C)S(=O)(=O)c1ccc2c(c1)OCCO2.CC(C)(CCC1(C)OCCO1)CNCC(O)[C@H](Cc1ccccc1)NC(=O)OC(C)(C)C. The molecule has 4 atom stereocenters. The average Bonchev–Trinajstić information content (AvgIpc) is 4.00. The van der Waals surface area contributed by atoms with E-state index in [1.165, 1.54) is 16.4 Å². The zero-order valence-corrected chi connectivity index (χ0v) is 48.6. The van der Waals surface area contributed by atoms with E-state index >= 15 is 0 Å². The number of carbonyl (C=O) groups is 2. The second kappa shape index (κ2) is 27.5. The smallest absolute Gasteiger partial charge is 0.407 e. The summed E-state index contributed by atoms with van der Waals surface area (Å²) in [5.74, 6) is -0.399.